The first kappa shape index (κ1) is 20.3. The molecule has 5 aromatic rings. The van der Waals surface area contributed by atoms with Gasteiger partial charge in [0.15, 0.2) is 0 Å². The second-order valence-electron chi connectivity index (χ2n) is 7.40. The molecule has 0 radical (unpaired) electrons. The van der Waals surface area contributed by atoms with E-state index in [1.165, 1.54) is 12.1 Å². The second kappa shape index (κ2) is 7.24. The Balaban J connectivity index is 1.66. The molecule has 0 amide bonds. The van der Waals surface area contributed by atoms with Crippen LogP contribution in [-0.4, -0.2) is 13.9 Å². The summed E-state index contributed by atoms with van der Waals surface area (Å²) in [5.41, 5.74) is -3.48. The maximum atomic E-state index is 12.6. The van der Waals surface area contributed by atoms with Crippen LogP contribution in [0.15, 0.2) is 91.0 Å². The summed E-state index contributed by atoms with van der Waals surface area (Å²) < 4.78 is 64.7. The number of hydrogen-bond acceptors (Lipinski definition) is 3. The average Bonchev–Trinajstić information content (AvgIpc) is 2.76. The van der Waals surface area contributed by atoms with Gasteiger partial charge in [0, 0.05) is 0 Å². The molecular formula is C25H15F3O3S. The van der Waals surface area contributed by atoms with Crippen molar-refractivity contribution in [3.05, 3.63) is 91.0 Å². The Kier molecular flexibility index (Phi) is 4.60. The van der Waals surface area contributed by atoms with Crippen molar-refractivity contribution >= 4 is 42.4 Å². The maximum Gasteiger partial charge on any atom is 0.534 e. The van der Waals surface area contributed by atoms with Crippen LogP contribution in [-0.2, 0) is 10.1 Å². The fourth-order valence-electron chi connectivity index (χ4n) is 3.93. The van der Waals surface area contributed by atoms with Crippen molar-refractivity contribution in [1.82, 2.24) is 0 Å². The molecule has 0 aliphatic heterocycles. The van der Waals surface area contributed by atoms with E-state index in [1.54, 1.807) is 12.1 Å². The molecule has 0 heterocycles. The van der Waals surface area contributed by atoms with Gasteiger partial charge in [-0.1, -0.05) is 66.7 Å². The highest BCUT2D eigenvalue weighted by Crippen LogP contribution is 2.38. The van der Waals surface area contributed by atoms with Gasteiger partial charge >= 0.3 is 15.6 Å². The van der Waals surface area contributed by atoms with Gasteiger partial charge in [-0.3, -0.25) is 0 Å². The van der Waals surface area contributed by atoms with Gasteiger partial charge in [-0.25, -0.2) is 0 Å². The van der Waals surface area contributed by atoms with Gasteiger partial charge < -0.3 is 4.18 Å². The van der Waals surface area contributed by atoms with Crippen LogP contribution in [0.3, 0.4) is 0 Å². The van der Waals surface area contributed by atoms with E-state index < -0.39 is 21.4 Å². The van der Waals surface area contributed by atoms with Gasteiger partial charge in [-0.2, -0.15) is 21.6 Å². The summed E-state index contributed by atoms with van der Waals surface area (Å²) in [4.78, 5) is 0. The van der Waals surface area contributed by atoms with Gasteiger partial charge in [0.05, 0.1) is 0 Å². The normalized spacial score (nSPS) is 12.5. The minimum Gasteiger partial charge on any atom is -0.376 e. The van der Waals surface area contributed by atoms with Crippen LogP contribution >= 0.6 is 0 Å². The first-order valence-electron chi connectivity index (χ1n) is 9.68. The van der Waals surface area contributed by atoms with E-state index in [4.69, 9.17) is 0 Å². The maximum absolute atomic E-state index is 12.6. The molecule has 0 saturated heterocycles. The first-order valence-corrected chi connectivity index (χ1v) is 11.1. The summed E-state index contributed by atoms with van der Waals surface area (Å²) in [6.07, 6.45) is 0. The first-order chi connectivity index (χ1) is 15.2. The molecule has 32 heavy (non-hydrogen) atoms. The topological polar surface area (TPSA) is 43.4 Å². The van der Waals surface area contributed by atoms with Crippen molar-refractivity contribution in [3.63, 3.8) is 0 Å². The van der Waals surface area contributed by atoms with E-state index >= 15 is 0 Å². The van der Waals surface area contributed by atoms with Crippen LogP contribution in [0.4, 0.5) is 13.2 Å². The van der Waals surface area contributed by atoms with Gasteiger partial charge in [-0.15, -0.1) is 0 Å². The summed E-state index contributed by atoms with van der Waals surface area (Å²) in [7, 11) is -5.72. The van der Waals surface area contributed by atoms with Gasteiger partial charge in [0.2, 0.25) is 0 Å². The zero-order chi connectivity index (χ0) is 22.5. The number of halogens is 3. The minimum absolute atomic E-state index is 0.391. The van der Waals surface area contributed by atoms with Crippen LogP contribution in [0.25, 0.3) is 43.4 Å². The number of fused-ring (bicyclic) bond motifs is 3. The molecule has 7 heteroatoms. The molecule has 5 aromatic carbocycles. The minimum atomic E-state index is -5.72. The third kappa shape index (κ3) is 3.44. The summed E-state index contributed by atoms with van der Waals surface area (Å²) in [6, 6.07) is 27.9. The monoisotopic (exact) mass is 452 g/mol. The van der Waals surface area contributed by atoms with Crippen molar-refractivity contribution in [2.45, 2.75) is 5.51 Å². The molecular weight excluding hydrogens is 437 g/mol. The lowest BCUT2D eigenvalue weighted by atomic mass is 9.91. The fraction of sp³-hybridized carbons (Fsp3) is 0.0400. The lowest BCUT2D eigenvalue weighted by Crippen LogP contribution is -2.28. The highest BCUT2D eigenvalue weighted by molar-refractivity contribution is 7.88. The SMILES string of the molecule is O=S(=O)(Oc1ccc2cc(-c3c4ccccc4cc4ccccc34)ccc2c1)C(F)(F)F. The van der Waals surface area contributed by atoms with Crippen molar-refractivity contribution in [3.8, 4) is 16.9 Å². The zero-order valence-corrected chi connectivity index (χ0v) is 17.2. The van der Waals surface area contributed by atoms with E-state index in [9.17, 15) is 21.6 Å². The second-order valence-corrected chi connectivity index (χ2v) is 8.94. The Morgan fingerprint density at radius 2 is 1.19 bits per heavy atom. The molecule has 160 valence electrons. The van der Waals surface area contributed by atoms with Gasteiger partial charge in [-0.05, 0) is 67.7 Å². The van der Waals surface area contributed by atoms with E-state index in [0.29, 0.717) is 5.39 Å². The lowest BCUT2D eigenvalue weighted by Gasteiger charge is -2.13. The molecule has 0 atom stereocenters. The highest BCUT2D eigenvalue weighted by atomic mass is 32.2. The number of benzene rings is 5. The van der Waals surface area contributed by atoms with E-state index in [1.807, 2.05) is 36.4 Å². The van der Waals surface area contributed by atoms with E-state index in [2.05, 4.69) is 34.5 Å². The summed E-state index contributed by atoms with van der Waals surface area (Å²) >= 11 is 0. The molecule has 0 unspecified atom stereocenters. The molecule has 5 rings (SSSR count). The van der Waals surface area contributed by atoms with Gasteiger partial charge in [0.1, 0.15) is 5.75 Å². The Hall–Kier alpha value is -3.58. The van der Waals surface area contributed by atoms with Crippen molar-refractivity contribution < 1.29 is 25.8 Å². The smallest absolute Gasteiger partial charge is 0.376 e. The molecule has 0 aliphatic rings. The number of rotatable bonds is 3. The summed E-state index contributed by atoms with van der Waals surface area (Å²) in [5.74, 6) is -0.391. The lowest BCUT2D eigenvalue weighted by molar-refractivity contribution is -0.0500. The largest absolute Gasteiger partial charge is 0.534 e. The standard InChI is InChI=1S/C25H15F3O3S/c26-25(27,28)32(29,30)31-21-12-11-16-13-20(10-9-17(16)15-21)24-22-7-3-1-5-18(22)14-19-6-2-4-8-23(19)24/h1-15H. The molecule has 0 saturated carbocycles. The zero-order valence-electron chi connectivity index (χ0n) is 16.4. The Morgan fingerprint density at radius 3 is 1.81 bits per heavy atom. The molecule has 3 nitrogen and oxygen atoms in total. The summed E-state index contributed by atoms with van der Waals surface area (Å²) in [5, 5.41) is 5.68. The summed E-state index contributed by atoms with van der Waals surface area (Å²) in [6.45, 7) is 0. The van der Waals surface area contributed by atoms with E-state index in [-0.39, 0.29) is 0 Å². The van der Waals surface area contributed by atoms with Crippen LogP contribution in [0.5, 0.6) is 5.75 Å². The van der Waals surface area contributed by atoms with Gasteiger partial charge in [0.25, 0.3) is 0 Å². The molecule has 0 spiro atoms. The van der Waals surface area contributed by atoms with Crippen LogP contribution < -0.4 is 4.18 Å². The van der Waals surface area contributed by atoms with Crippen LogP contribution in [0.1, 0.15) is 0 Å². The fourth-order valence-corrected chi connectivity index (χ4v) is 4.38. The Labute approximate surface area is 181 Å². The predicted molar refractivity (Wildman–Crippen MR) is 120 cm³/mol. The molecule has 0 N–H and O–H groups in total. The molecule has 0 aliphatic carbocycles. The molecule has 0 aromatic heterocycles. The van der Waals surface area contributed by atoms with Crippen LogP contribution in [0, 0.1) is 0 Å². The number of hydrogen-bond donors (Lipinski definition) is 0. The average molecular weight is 452 g/mol. The molecule has 0 fully saturated rings. The quantitative estimate of drug-likeness (QED) is 0.167. The van der Waals surface area contributed by atoms with Crippen molar-refractivity contribution in [1.29, 1.82) is 0 Å². The predicted octanol–water partition coefficient (Wildman–Crippen LogP) is 7.04. The number of alkyl halides is 3. The van der Waals surface area contributed by atoms with Crippen molar-refractivity contribution in [2.24, 2.45) is 0 Å². The third-order valence-corrected chi connectivity index (χ3v) is 6.34. The van der Waals surface area contributed by atoms with Crippen molar-refractivity contribution in [2.75, 3.05) is 0 Å². The third-order valence-electron chi connectivity index (χ3n) is 5.36. The van der Waals surface area contributed by atoms with E-state index in [0.717, 1.165) is 38.1 Å². The Morgan fingerprint density at radius 1 is 0.625 bits per heavy atom. The highest BCUT2D eigenvalue weighted by Gasteiger charge is 2.48. The van der Waals surface area contributed by atoms with Crippen LogP contribution in [0.2, 0.25) is 0 Å². The molecule has 0 bridgehead atoms. The Bertz CT molecular complexity index is 1550.